The number of hydrogen-bond donors (Lipinski definition) is 0. The van der Waals surface area contributed by atoms with Gasteiger partial charge in [-0.2, -0.15) is 0 Å². The average Bonchev–Trinajstić information content (AvgIpc) is 2.16. The van der Waals surface area contributed by atoms with E-state index in [0.29, 0.717) is 18.8 Å². The summed E-state index contributed by atoms with van der Waals surface area (Å²) >= 11 is 0. The number of carbonyl (C=O) groups is 1. The minimum absolute atomic E-state index is 0.0255. The molecule has 74 valence electrons. The van der Waals surface area contributed by atoms with Crippen molar-refractivity contribution in [2.75, 3.05) is 19.8 Å². The van der Waals surface area contributed by atoms with E-state index < -0.39 is 0 Å². The number of rotatable bonds is 4. The number of ether oxygens (including phenoxy) is 2. The number of carbonyl (C=O) groups excluding carboxylic acids is 1. The number of hydrogen-bond acceptors (Lipinski definition) is 3. The molecule has 1 heterocycles. The maximum Gasteiger partial charge on any atom is 0.188 e. The van der Waals surface area contributed by atoms with Gasteiger partial charge in [0.05, 0.1) is 13.2 Å². The second kappa shape index (κ2) is 4.35. The van der Waals surface area contributed by atoms with E-state index in [2.05, 4.69) is 0 Å². The number of benzene rings is 1. The molecule has 0 aliphatic carbocycles. The third-order valence-electron chi connectivity index (χ3n) is 2.15. The molecule has 3 nitrogen and oxygen atoms in total. The Bertz CT molecular complexity index is 304. The van der Waals surface area contributed by atoms with Crippen LogP contribution in [-0.2, 0) is 9.47 Å². The minimum atomic E-state index is 0.0255. The molecule has 1 aliphatic rings. The fourth-order valence-corrected chi connectivity index (χ4v) is 1.21. The fourth-order valence-electron chi connectivity index (χ4n) is 1.21. The van der Waals surface area contributed by atoms with Gasteiger partial charge in [0.15, 0.2) is 5.78 Å². The first-order valence-electron chi connectivity index (χ1n) is 4.64. The zero-order chi connectivity index (χ0) is 9.80. The third kappa shape index (κ3) is 2.19. The lowest BCUT2D eigenvalue weighted by Crippen LogP contribution is -2.37. The summed E-state index contributed by atoms with van der Waals surface area (Å²) in [5.74, 6) is 0.0255. The van der Waals surface area contributed by atoms with Crippen LogP contribution in [0.1, 0.15) is 10.4 Å². The molecule has 0 spiro atoms. The molecule has 0 N–H and O–H groups in total. The lowest BCUT2D eigenvalue weighted by atomic mass is 10.1. The molecule has 1 aromatic carbocycles. The van der Waals surface area contributed by atoms with Gasteiger partial charge in [-0.25, -0.2) is 0 Å². The third-order valence-corrected chi connectivity index (χ3v) is 2.15. The quantitative estimate of drug-likeness (QED) is 0.674. The Balaban J connectivity index is 1.83. The van der Waals surface area contributed by atoms with E-state index in [1.54, 1.807) is 12.1 Å². The predicted octanol–water partition coefficient (Wildman–Crippen LogP) is 1.28. The molecule has 1 aliphatic heterocycles. The highest BCUT2D eigenvalue weighted by Gasteiger charge is 2.20. The first kappa shape index (κ1) is 9.37. The summed E-state index contributed by atoms with van der Waals surface area (Å²) < 4.78 is 10.3. The van der Waals surface area contributed by atoms with E-state index in [-0.39, 0.29) is 18.5 Å². The molecule has 14 heavy (non-hydrogen) atoms. The van der Waals surface area contributed by atoms with Crippen molar-refractivity contribution in [1.82, 2.24) is 0 Å². The van der Waals surface area contributed by atoms with Crippen molar-refractivity contribution in [1.29, 1.82) is 0 Å². The Morgan fingerprint density at radius 3 is 2.64 bits per heavy atom. The van der Waals surface area contributed by atoms with Crippen molar-refractivity contribution in [2.45, 2.75) is 6.10 Å². The van der Waals surface area contributed by atoms with Gasteiger partial charge < -0.3 is 9.47 Å². The van der Waals surface area contributed by atoms with Gasteiger partial charge in [0.25, 0.3) is 0 Å². The van der Waals surface area contributed by atoms with Crippen molar-refractivity contribution in [3.8, 4) is 0 Å². The van der Waals surface area contributed by atoms with Crippen LogP contribution in [-0.4, -0.2) is 31.7 Å². The summed E-state index contributed by atoms with van der Waals surface area (Å²) in [6.45, 7) is 1.38. The van der Waals surface area contributed by atoms with Crippen molar-refractivity contribution < 1.29 is 14.3 Å². The van der Waals surface area contributed by atoms with Gasteiger partial charge in [-0.3, -0.25) is 4.79 Å². The monoisotopic (exact) mass is 192 g/mol. The van der Waals surface area contributed by atoms with Crippen molar-refractivity contribution in [3.05, 3.63) is 35.9 Å². The summed E-state index contributed by atoms with van der Waals surface area (Å²) in [7, 11) is 0. The van der Waals surface area contributed by atoms with E-state index >= 15 is 0 Å². The highest BCUT2D eigenvalue weighted by molar-refractivity contribution is 5.96. The Hall–Kier alpha value is -1.19. The summed E-state index contributed by atoms with van der Waals surface area (Å²) in [6.07, 6.45) is 0.114. The molecule has 0 atom stereocenters. The van der Waals surface area contributed by atoms with Crippen LogP contribution < -0.4 is 0 Å². The van der Waals surface area contributed by atoms with Crippen LogP contribution in [0.2, 0.25) is 0 Å². The normalized spacial score (nSPS) is 16.3. The molecular formula is C11H12O3. The van der Waals surface area contributed by atoms with Gasteiger partial charge in [-0.1, -0.05) is 30.3 Å². The molecule has 1 fully saturated rings. The summed E-state index contributed by atoms with van der Waals surface area (Å²) in [5.41, 5.74) is 0.702. The standard InChI is InChI=1S/C11H12O3/c12-11(8-14-10-6-13-7-10)9-4-2-1-3-5-9/h1-5,10H,6-8H2. The van der Waals surface area contributed by atoms with Gasteiger partial charge in [0, 0.05) is 5.56 Å². The maximum absolute atomic E-state index is 11.5. The van der Waals surface area contributed by atoms with Crippen LogP contribution in [0.15, 0.2) is 30.3 Å². The Labute approximate surface area is 82.6 Å². The number of Topliss-reactive ketones (excluding diaryl/α,β-unsaturated/α-hetero) is 1. The van der Waals surface area contributed by atoms with Crippen LogP contribution in [0, 0.1) is 0 Å². The molecule has 0 unspecified atom stereocenters. The van der Waals surface area contributed by atoms with Crippen molar-refractivity contribution in [2.24, 2.45) is 0 Å². The largest absolute Gasteiger partial charge is 0.376 e. The van der Waals surface area contributed by atoms with Gasteiger partial charge in [-0.15, -0.1) is 0 Å². The lowest BCUT2D eigenvalue weighted by Gasteiger charge is -2.25. The van der Waals surface area contributed by atoms with E-state index in [0.717, 1.165) is 0 Å². The lowest BCUT2D eigenvalue weighted by molar-refractivity contribution is -0.123. The van der Waals surface area contributed by atoms with E-state index in [1.807, 2.05) is 18.2 Å². The Morgan fingerprint density at radius 1 is 1.36 bits per heavy atom. The molecule has 1 saturated heterocycles. The van der Waals surface area contributed by atoms with Crippen LogP contribution in [0.4, 0.5) is 0 Å². The molecule has 1 aromatic rings. The minimum Gasteiger partial charge on any atom is -0.376 e. The fraction of sp³-hybridized carbons (Fsp3) is 0.364. The van der Waals surface area contributed by atoms with Crippen LogP contribution >= 0.6 is 0 Å². The van der Waals surface area contributed by atoms with Gasteiger partial charge in [0.2, 0.25) is 0 Å². The van der Waals surface area contributed by atoms with Gasteiger partial charge >= 0.3 is 0 Å². The second-order valence-electron chi connectivity index (χ2n) is 3.26. The zero-order valence-corrected chi connectivity index (χ0v) is 7.81. The predicted molar refractivity (Wildman–Crippen MR) is 51.3 cm³/mol. The van der Waals surface area contributed by atoms with Crippen LogP contribution in [0.25, 0.3) is 0 Å². The first-order chi connectivity index (χ1) is 6.86. The summed E-state index contributed by atoms with van der Waals surface area (Å²) in [6, 6.07) is 9.17. The summed E-state index contributed by atoms with van der Waals surface area (Å²) in [4.78, 5) is 11.5. The van der Waals surface area contributed by atoms with Gasteiger partial charge in [-0.05, 0) is 0 Å². The SMILES string of the molecule is O=C(COC1COC1)c1ccccc1. The Kier molecular flexibility index (Phi) is 2.91. The van der Waals surface area contributed by atoms with Crippen LogP contribution in [0.3, 0.4) is 0 Å². The molecule has 0 bridgehead atoms. The molecule has 0 amide bonds. The molecule has 0 aromatic heterocycles. The van der Waals surface area contributed by atoms with E-state index in [4.69, 9.17) is 9.47 Å². The summed E-state index contributed by atoms with van der Waals surface area (Å²) in [5, 5.41) is 0. The highest BCUT2D eigenvalue weighted by Crippen LogP contribution is 2.07. The van der Waals surface area contributed by atoms with Gasteiger partial charge in [0.1, 0.15) is 12.7 Å². The van der Waals surface area contributed by atoms with E-state index in [9.17, 15) is 4.79 Å². The molecule has 2 rings (SSSR count). The number of ketones is 1. The van der Waals surface area contributed by atoms with E-state index in [1.165, 1.54) is 0 Å². The molecular weight excluding hydrogens is 180 g/mol. The average molecular weight is 192 g/mol. The smallest absolute Gasteiger partial charge is 0.188 e. The topological polar surface area (TPSA) is 35.5 Å². The molecule has 3 heteroatoms. The Morgan fingerprint density at radius 2 is 2.07 bits per heavy atom. The maximum atomic E-state index is 11.5. The highest BCUT2D eigenvalue weighted by atomic mass is 16.6. The molecule has 0 radical (unpaired) electrons. The van der Waals surface area contributed by atoms with Crippen LogP contribution in [0.5, 0.6) is 0 Å². The second-order valence-corrected chi connectivity index (χ2v) is 3.26. The first-order valence-corrected chi connectivity index (χ1v) is 4.64. The van der Waals surface area contributed by atoms with Crippen molar-refractivity contribution >= 4 is 5.78 Å². The molecule has 0 saturated carbocycles. The van der Waals surface area contributed by atoms with Crippen molar-refractivity contribution in [3.63, 3.8) is 0 Å². The zero-order valence-electron chi connectivity index (χ0n) is 7.81.